The highest BCUT2D eigenvalue weighted by Crippen LogP contribution is 2.21. The number of benzene rings is 1. The van der Waals surface area contributed by atoms with Gasteiger partial charge in [-0.3, -0.25) is 0 Å². The molecule has 0 saturated carbocycles. The first-order chi connectivity index (χ1) is 9.17. The van der Waals surface area contributed by atoms with Crippen molar-refractivity contribution in [1.82, 2.24) is 9.55 Å². The van der Waals surface area contributed by atoms with Gasteiger partial charge in [-0.15, -0.1) is 11.6 Å². The first-order valence-electron chi connectivity index (χ1n) is 6.46. The number of fused-ring (bicyclic) bond motifs is 1. The highest BCUT2D eigenvalue weighted by atomic mass is 35.5. The summed E-state index contributed by atoms with van der Waals surface area (Å²) in [6, 6.07) is 3.32. The van der Waals surface area contributed by atoms with E-state index in [0.717, 1.165) is 11.3 Å². The largest absolute Gasteiger partial charge is 0.380 e. The van der Waals surface area contributed by atoms with Crippen LogP contribution in [0.15, 0.2) is 12.1 Å². The van der Waals surface area contributed by atoms with Gasteiger partial charge in [-0.25, -0.2) is 9.37 Å². The van der Waals surface area contributed by atoms with Crippen molar-refractivity contribution in [2.24, 2.45) is 0 Å². The van der Waals surface area contributed by atoms with E-state index < -0.39 is 0 Å². The van der Waals surface area contributed by atoms with Crippen LogP contribution in [0.4, 0.5) is 4.39 Å². The van der Waals surface area contributed by atoms with E-state index in [1.807, 2.05) is 13.0 Å². The minimum absolute atomic E-state index is 0.223. The maximum Gasteiger partial charge on any atom is 0.128 e. The molecule has 0 amide bonds. The molecule has 0 N–H and O–H groups in total. The number of halogens is 2. The molecule has 0 unspecified atom stereocenters. The normalized spacial score (nSPS) is 11.4. The number of hydrogen-bond acceptors (Lipinski definition) is 2. The predicted octanol–water partition coefficient (Wildman–Crippen LogP) is 3.30. The van der Waals surface area contributed by atoms with Crippen molar-refractivity contribution in [3.05, 3.63) is 29.3 Å². The number of alkyl halides is 1. The maximum absolute atomic E-state index is 13.6. The van der Waals surface area contributed by atoms with E-state index in [4.69, 9.17) is 16.3 Å². The molecule has 1 aromatic heterocycles. The Morgan fingerprint density at radius 3 is 2.89 bits per heavy atom. The minimum atomic E-state index is -0.223. The summed E-state index contributed by atoms with van der Waals surface area (Å²) >= 11 is 5.80. The zero-order valence-electron chi connectivity index (χ0n) is 11.2. The third-order valence-electron chi connectivity index (χ3n) is 3.09. The summed E-state index contributed by atoms with van der Waals surface area (Å²) in [7, 11) is 0. The summed E-state index contributed by atoms with van der Waals surface area (Å²) < 4.78 is 21.0. The molecule has 0 aliphatic rings. The lowest BCUT2D eigenvalue weighted by Gasteiger charge is -2.09. The third-order valence-corrected chi connectivity index (χ3v) is 3.28. The van der Waals surface area contributed by atoms with Gasteiger partial charge in [-0.05, 0) is 25.5 Å². The molecule has 0 saturated heterocycles. The molecule has 1 aromatic carbocycles. The molecule has 0 fully saturated rings. The fourth-order valence-electron chi connectivity index (χ4n) is 2.13. The van der Waals surface area contributed by atoms with Gasteiger partial charge in [-0.1, -0.05) is 0 Å². The fourth-order valence-corrected chi connectivity index (χ4v) is 2.29. The van der Waals surface area contributed by atoms with Crippen LogP contribution in [0.2, 0.25) is 0 Å². The number of ether oxygens (including phenoxy) is 1. The van der Waals surface area contributed by atoms with Crippen LogP contribution >= 0.6 is 11.6 Å². The second-order valence-electron chi connectivity index (χ2n) is 4.41. The smallest absolute Gasteiger partial charge is 0.128 e. The Bertz CT molecular complexity index is 568. The average molecular weight is 285 g/mol. The van der Waals surface area contributed by atoms with E-state index in [1.165, 1.54) is 6.07 Å². The zero-order chi connectivity index (χ0) is 13.8. The second kappa shape index (κ2) is 6.35. The molecule has 0 aliphatic carbocycles. The molecule has 2 aromatic rings. The summed E-state index contributed by atoms with van der Waals surface area (Å²) in [6.07, 6.45) is 0.670. The standard InChI is InChI=1S/C14H18ClFN2O/c1-3-19-7-6-18-13-8-10(2)11(16)9-12(13)17-14(18)4-5-15/h8-9H,3-7H2,1-2H3. The third kappa shape index (κ3) is 3.07. The molecule has 0 radical (unpaired) electrons. The quantitative estimate of drug-likeness (QED) is 0.601. The first kappa shape index (κ1) is 14.3. The molecule has 3 nitrogen and oxygen atoms in total. The Hall–Kier alpha value is -1.13. The molecule has 2 rings (SSSR count). The second-order valence-corrected chi connectivity index (χ2v) is 4.78. The number of imidazole rings is 1. The van der Waals surface area contributed by atoms with Crippen molar-refractivity contribution in [2.45, 2.75) is 26.8 Å². The van der Waals surface area contributed by atoms with Gasteiger partial charge in [0.1, 0.15) is 11.6 Å². The molecule has 0 spiro atoms. The molecule has 0 atom stereocenters. The van der Waals surface area contributed by atoms with Crippen molar-refractivity contribution < 1.29 is 9.13 Å². The van der Waals surface area contributed by atoms with Gasteiger partial charge < -0.3 is 9.30 Å². The lowest BCUT2D eigenvalue weighted by atomic mass is 10.2. The first-order valence-corrected chi connectivity index (χ1v) is 6.99. The van der Waals surface area contributed by atoms with E-state index in [9.17, 15) is 4.39 Å². The van der Waals surface area contributed by atoms with Crippen LogP contribution in [-0.4, -0.2) is 28.6 Å². The van der Waals surface area contributed by atoms with Crippen LogP contribution in [-0.2, 0) is 17.7 Å². The highest BCUT2D eigenvalue weighted by molar-refractivity contribution is 6.17. The van der Waals surface area contributed by atoms with Crippen molar-refractivity contribution in [3.8, 4) is 0 Å². The predicted molar refractivity (Wildman–Crippen MR) is 75.3 cm³/mol. The summed E-state index contributed by atoms with van der Waals surface area (Å²) in [6.45, 7) is 5.74. The fraction of sp³-hybridized carbons (Fsp3) is 0.500. The number of rotatable bonds is 6. The maximum atomic E-state index is 13.6. The molecule has 104 valence electrons. The Morgan fingerprint density at radius 1 is 1.42 bits per heavy atom. The van der Waals surface area contributed by atoms with Crippen molar-refractivity contribution in [2.75, 3.05) is 19.1 Å². The molecule has 19 heavy (non-hydrogen) atoms. The van der Waals surface area contributed by atoms with Gasteiger partial charge in [0.2, 0.25) is 0 Å². The van der Waals surface area contributed by atoms with Crippen LogP contribution in [0, 0.1) is 12.7 Å². The average Bonchev–Trinajstić information content (AvgIpc) is 2.69. The Labute approximate surface area is 117 Å². The number of nitrogens with zero attached hydrogens (tertiary/aromatic N) is 2. The van der Waals surface area contributed by atoms with Gasteiger partial charge in [0, 0.05) is 31.5 Å². The number of aromatic nitrogens is 2. The summed E-state index contributed by atoms with van der Waals surface area (Å²) in [5, 5.41) is 0. The van der Waals surface area contributed by atoms with E-state index in [2.05, 4.69) is 9.55 Å². The highest BCUT2D eigenvalue weighted by Gasteiger charge is 2.12. The van der Waals surface area contributed by atoms with Gasteiger partial charge in [0.15, 0.2) is 0 Å². The summed E-state index contributed by atoms with van der Waals surface area (Å²) in [5.41, 5.74) is 2.25. The van der Waals surface area contributed by atoms with E-state index in [1.54, 1.807) is 6.92 Å². The minimum Gasteiger partial charge on any atom is -0.380 e. The molecule has 0 aliphatic heterocycles. The lowest BCUT2D eigenvalue weighted by Crippen LogP contribution is -2.10. The van der Waals surface area contributed by atoms with Crippen LogP contribution in [0.3, 0.4) is 0 Å². The Morgan fingerprint density at radius 2 is 2.21 bits per heavy atom. The van der Waals surface area contributed by atoms with Crippen LogP contribution < -0.4 is 0 Å². The molecule has 5 heteroatoms. The molecular formula is C14H18ClFN2O. The van der Waals surface area contributed by atoms with Gasteiger partial charge in [0.05, 0.1) is 17.6 Å². The van der Waals surface area contributed by atoms with Gasteiger partial charge >= 0.3 is 0 Å². The Kier molecular flexibility index (Phi) is 4.77. The van der Waals surface area contributed by atoms with Crippen molar-refractivity contribution >= 4 is 22.6 Å². The summed E-state index contributed by atoms with van der Waals surface area (Å²) in [5.74, 6) is 1.16. The van der Waals surface area contributed by atoms with Gasteiger partial charge in [0.25, 0.3) is 0 Å². The van der Waals surface area contributed by atoms with Gasteiger partial charge in [-0.2, -0.15) is 0 Å². The van der Waals surface area contributed by atoms with E-state index >= 15 is 0 Å². The van der Waals surface area contributed by atoms with Crippen molar-refractivity contribution in [1.29, 1.82) is 0 Å². The number of hydrogen-bond donors (Lipinski definition) is 0. The van der Waals surface area contributed by atoms with Crippen LogP contribution in [0.5, 0.6) is 0 Å². The van der Waals surface area contributed by atoms with Crippen LogP contribution in [0.25, 0.3) is 11.0 Å². The lowest BCUT2D eigenvalue weighted by molar-refractivity contribution is 0.139. The van der Waals surface area contributed by atoms with E-state index in [-0.39, 0.29) is 5.82 Å². The van der Waals surface area contributed by atoms with Crippen molar-refractivity contribution in [3.63, 3.8) is 0 Å². The topological polar surface area (TPSA) is 27.1 Å². The van der Waals surface area contributed by atoms with Crippen LogP contribution in [0.1, 0.15) is 18.3 Å². The molecular weight excluding hydrogens is 267 g/mol. The molecule has 0 bridgehead atoms. The molecule has 1 heterocycles. The summed E-state index contributed by atoms with van der Waals surface area (Å²) in [4.78, 5) is 4.47. The monoisotopic (exact) mass is 284 g/mol. The Balaban J connectivity index is 2.43. The number of aryl methyl sites for hydroxylation is 2. The van der Waals surface area contributed by atoms with E-state index in [0.29, 0.717) is 43.1 Å². The SMILES string of the molecule is CCOCCn1c(CCCl)nc2cc(F)c(C)cc21. The zero-order valence-corrected chi connectivity index (χ0v) is 12.0.